The van der Waals surface area contributed by atoms with Crippen molar-refractivity contribution in [3.8, 4) is 5.75 Å². The lowest BCUT2D eigenvalue weighted by Crippen LogP contribution is -2.56. The molecule has 12 heteroatoms. The molecule has 1 amide bonds. The molecule has 1 unspecified atom stereocenters. The Morgan fingerprint density at radius 1 is 1.34 bits per heavy atom. The van der Waals surface area contributed by atoms with Crippen LogP contribution in [0.5, 0.6) is 5.75 Å². The summed E-state index contributed by atoms with van der Waals surface area (Å²) < 4.78 is 50.2. The molecular formula is C17H14F3N3O6. The molecule has 1 aliphatic heterocycles. The molecule has 2 heterocycles. The summed E-state index contributed by atoms with van der Waals surface area (Å²) >= 11 is 0. The van der Waals surface area contributed by atoms with Crippen molar-refractivity contribution in [2.24, 2.45) is 5.10 Å². The van der Waals surface area contributed by atoms with E-state index < -0.39 is 34.9 Å². The second-order valence-corrected chi connectivity index (χ2v) is 6.25. The number of alkyl halides is 3. The first-order chi connectivity index (χ1) is 13.5. The van der Waals surface area contributed by atoms with Crippen LogP contribution in [-0.4, -0.2) is 38.6 Å². The van der Waals surface area contributed by atoms with E-state index in [4.69, 9.17) is 9.15 Å². The normalized spacial score (nSPS) is 19.2. The van der Waals surface area contributed by atoms with Gasteiger partial charge in [-0.15, -0.1) is 0 Å². The van der Waals surface area contributed by atoms with Crippen LogP contribution in [0, 0.1) is 10.1 Å². The number of halogens is 3. The van der Waals surface area contributed by atoms with Crippen molar-refractivity contribution in [2.75, 3.05) is 0 Å². The summed E-state index contributed by atoms with van der Waals surface area (Å²) in [6.07, 6.45) is -5.97. The monoisotopic (exact) mass is 413 g/mol. The lowest BCUT2D eigenvalue weighted by Gasteiger charge is -2.32. The Morgan fingerprint density at radius 3 is 2.59 bits per heavy atom. The quantitative estimate of drug-likeness (QED) is 0.594. The Kier molecular flexibility index (Phi) is 5.05. The summed E-state index contributed by atoms with van der Waals surface area (Å²) in [6, 6.07) is 7.64. The molecule has 1 aromatic carbocycles. The van der Waals surface area contributed by atoms with E-state index in [0.717, 1.165) is 6.07 Å². The second-order valence-electron chi connectivity index (χ2n) is 6.25. The summed E-state index contributed by atoms with van der Waals surface area (Å²) in [5.74, 6) is -1.33. The number of nitro groups is 1. The number of furan rings is 1. The topological polar surface area (TPSA) is 118 Å². The highest BCUT2D eigenvalue weighted by Gasteiger charge is 2.63. The molecule has 29 heavy (non-hydrogen) atoms. The minimum atomic E-state index is -5.11. The average molecular weight is 413 g/mol. The van der Waals surface area contributed by atoms with Crippen molar-refractivity contribution in [3.63, 3.8) is 0 Å². The fourth-order valence-electron chi connectivity index (χ4n) is 2.65. The van der Waals surface area contributed by atoms with Crippen molar-refractivity contribution < 1.29 is 37.1 Å². The number of rotatable bonds is 5. The summed E-state index contributed by atoms with van der Waals surface area (Å²) in [5.41, 5.74) is -3.63. The Morgan fingerprint density at radius 2 is 2.00 bits per heavy atom. The highest BCUT2D eigenvalue weighted by molar-refractivity contribution is 5.96. The Labute approximate surface area is 161 Å². The third kappa shape index (κ3) is 3.92. The molecule has 0 saturated carbocycles. The molecule has 1 aromatic heterocycles. The standard InChI is InChI=1S/C17H14F3N3O6/c1-10-8-16(25,17(18,19)20)22(21-10)15(24)14-7-6-13(29-14)9-28-12-4-2-11(3-5-12)23(26)27/h2-7,25H,8-9H2,1H3. The highest BCUT2D eigenvalue weighted by atomic mass is 19.4. The van der Waals surface area contributed by atoms with E-state index >= 15 is 0 Å². The zero-order chi connectivity index (χ0) is 21.4. The zero-order valence-electron chi connectivity index (χ0n) is 14.8. The number of ether oxygens (including phenoxy) is 1. The molecule has 1 N–H and O–H groups in total. The van der Waals surface area contributed by atoms with Gasteiger partial charge in [0.05, 0.1) is 4.92 Å². The number of hydrogen-bond acceptors (Lipinski definition) is 7. The summed E-state index contributed by atoms with van der Waals surface area (Å²) in [4.78, 5) is 22.4. The van der Waals surface area contributed by atoms with Crippen LogP contribution in [0.1, 0.15) is 29.7 Å². The number of hydrogen-bond donors (Lipinski definition) is 1. The van der Waals surface area contributed by atoms with Crippen LogP contribution >= 0.6 is 0 Å². The highest BCUT2D eigenvalue weighted by Crippen LogP contribution is 2.41. The van der Waals surface area contributed by atoms with Crippen LogP contribution in [0.25, 0.3) is 0 Å². The van der Waals surface area contributed by atoms with Crippen LogP contribution < -0.4 is 4.74 Å². The molecular weight excluding hydrogens is 399 g/mol. The van der Waals surface area contributed by atoms with E-state index in [9.17, 15) is 33.2 Å². The Balaban J connectivity index is 1.70. The molecule has 1 atom stereocenters. The minimum Gasteiger partial charge on any atom is -0.486 e. The molecule has 2 aromatic rings. The molecule has 0 radical (unpaired) electrons. The number of non-ortho nitro benzene ring substituents is 1. The van der Waals surface area contributed by atoms with Gasteiger partial charge in [0.2, 0.25) is 0 Å². The van der Waals surface area contributed by atoms with Crippen molar-refractivity contribution >= 4 is 17.3 Å². The number of amides is 1. The van der Waals surface area contributed by atoms with Crippen molar-refractivity contribution in [3.05, 3.63) is 58.0 Å². The van der Waals surface area contributed by atoms with Gasteiger partial charge in [-0.05, 0) is 31.2 Å². The number of hydrazone groups is 1. The maximum absolute atomic E-state index is 13.2. The molecule has 9 nitrogen and oxygen atoms in total. The zero-order valence-corrected chi connectivity index (χ0v) is 14.8. The van der Waals surface area contributed by atoms with Crippen molar-refractivity contribution in [2.45, 2.75) is 31.9 Å². The van der Waals surface area contributed by atoms with E-state index in [1.54, 1.807) is 0 Å². The SMILES string of the molecule is CC1=NN(C(=O)c2ccc(COc3ccc([N+](=O)[O-])cc3)o2)C(O)(C(F)(F)F)C1. The van der Waals surface area contributed by atoms with Gasteiger partial charge in [0.1, 0.15) is 18.1 Å². The van der Waals surface area contributed by atoms with Gasteiger partial charge >= 0.3 is 12.1 Å². The van der Waals surface area contributed by atoms with Crippen molar-refractivity contribution in [1.82, 2.24) is 5.01 Å². The van der Waals surface area contributed by atoms with E-state index in [1.807, 2.05) is 0 Å². The predicted molar refractivity (Wildman–Crippen MR) is 91.0 cm³/mol. The summed E-state index contributed by atoms with van der Waals surface area (Å²) in [6.45, 7) is 1.08. The molecule has 1 aliphatic rings. The molecule has 0 aliphatic carbocycles. The molecule has 0 fully saturated rings. The fourth-order valence-corrected chi connectivity index (χ4v) is 2.65. The van der Waals surface area contributed by atoms with Gasteiger partial charge in [0.25, 0.3) is 11.4 Å². The van der Waals surface area contributed by atoms with Gasteiger partial charge in [-0.3, -0.25) is 14.9 Å². The lowest BCUT2D eigenvalue weighted by molar-refractivity contribution is -0.384. The number of benzene rings is 1. The maximum atomic E-state index is 13.2. The van der Waals surface area contributed by atoms with Crippen LogP contribution in [-0.2, 0) is 6.61 Å². The van der Waals surface area contributed by atoms with Gasteiger partial charge in [-0.2, -0.15) is 23.3 Å². The minimum absolute atomic E-state index is 0.0396. The third-order valence-electron chi connectivity index (χ3n) is 4.07. The first-order valence-electron chi connectivity index (χ1n) is 8.15. The van der Waals surface area contributed by atoms with E-state index in [-0.39, 0.29) is 34.5 Å². The van der Waals surface area contributed by atoms with Gasteiger partial charge in [0.15, 0.2) is 5.76 Å². The Hall–Kier alpha value is -3.41. The number of carbonyl (C=O) groups excluding carboxylic acids is 1. The maximum Gasteiger partial charge on any atom is 0.438 e. The Bertz CT molecular complexity index is 970. The number of nitro benzene ring substituents is 1. The van der Waals surface area contributed by atoms with Gasteiger partial charge in [0, 0.05) is 24.3 Å². The lowest BCUT2D eigenvalue weighted by atomic mass is 10.1. The van der Waals surface area contributed by atoms with Crippen molar-refractivity contribution in [1.29, 1.82) is 0 Å². The van der Waals surface area contributed by atoms with Crippen LogP contribution in [0.4, 0.5) is 18.9 Å². The van der Waals surface area contributed by atoms with Gasteiger partial charge in [-0.25, -0.2) is 0 Å². The number of carbonyl (C=O) groups is 1. The second kappa shape index (κ2) is 7.20. The summed E-state index contributed by atoms with van der Waals surface area (Å²) in [5, 5.41) is 24.0. The van der Waals surface area contributed by atoms with E-state index in [2.05, 4.69) is 5.10 Å². The van der Waals surface area contributed by atoms with Gasteiger partial charge < -0.3 is 14.3 Å². The van der Waals surface area contributed by atoms with E-state index in [0.29, 0.717) is 0 Å². The largest absolute Gasteiger partial charge is 0.486 e. The average Bonchev–Trinajstić information content (AvgIpc) is 3.24. The van der Waals surface area contributed by atoms with Crippen LogP contribution in [0.15, 0.2) is 45.9 Å². The van der Waals surface area contributed by atoms with E-state index in [1.165, 1.54) is 37.3 Å². The molecule has 154 valence electrons. The first kappa shape index (κ1) is 20.3. The molecule has 0 bridgehead atoms. The number of nitrogens with zero attached hydrogens (tertiary/aromatic N) is 3. The van der Waals surface area contributed by atoms with Crippen LogP contribution in [0.2, 0.25) is 0 Å². The third-order valence-corrected chi connectivity index (χ3v) is 4.07. The number of aliphatic hydroxyl groups is 1. The first-order valence-corrected chi connectivity index (χ1v) is 8.15. The summed E-state index contributed by atoms with van der Waals surface area (Å²) in [7, 11) is 0. The predicted octanol–water partition coefficient (Wildman–Crippen LogP) is 3.24. The molecule has 0 saturated heterocycles. The molecule has 0 spiro atoms. The molecule has 3 rings (SSSR count). The smallest absolute Gasteiger partial charge is 0.438 e. The van der Waals surface area contributed by atoms with Gasteiger partial charge in [-0.1, -0.05) is 0 Å². The van der Waals surface area contributed by atoms with Crippen LogP contribution in [0.3, 0.4) is 0 Å². The fraction of sp³-hybridized carbons (Fsp3) is 0.294.